The van der Waals surface area contributed by atoms with Crippen LogP contribution in [0.4, 0.5) is 0 Å². The van der Waals surface area contributed by atoms with Crippen LogP contribution in [0.3, 0.4) is 0 Å². The number of nitrogens with zero attached hydrogens (tertiary/aromatic N) is 3. The molecule has 3 aromatic carbocycles. The summed E-state index contributed by atoms with van der Waals surface area (Å²) in [5, 5.41) is 21.5. The van der Waals surface area contributed by atoms with E-state index < -0.39 is 24.1 Å². The fourth-order valence-electron chi connectivity index (χ4n) is 5.59. The molecule has 5 aromatic rings. The van der Waals surface area contributed by atoms with E-state index in [4.69, 9.17) is 14.2 Å². The number of aliphatic hydroxyl groups is 2. The number of rotatable bonds is 10. The summed E-state index contributed by atoms with van der Waals surface area (Å²) < 4.78 is 20.7. The molecule has 43 heavy (non-hydrogen) atoms. The Labute approximate surface area is 247 Å². The highest BCUT2D eigenvalue weighted by atomic mass is 16.5. The van der Waals surface area contributed by atoms with Gasteiger partial charge < -0.3 is 29.0 Å². The van der Waals surface area contributed by atoms with Gasteiger partial charge in [0.15, 0.2) is 12.4 Å². The smallest absolute Gasteiger partial charge is 0.352 e. The van der Waals surface area contributed by atoms with Gasteiger partial charge in [0.25, 0.3) is 0 Å². The van der Waals surface area contributed by atoms with Gasteiger partial charge in [-0.15, -0.1) is 0 Å². The van der Waals surface area contributed by atoms with Crippen LogP contribution in [0.25, 0.3) is 21.8 Å². The molecule has 0 amide bonds. The van der Waals surface area contributed by atoms with Crippen molar-refractivity contribution < 1.29 is 29.2 Å². The minimum absolute atomic E-state index is 0.0893. The van der Waals surface area contributed by atoms with Gasteiger partial charge in [-0.2, -0.15) is 4.98 Å². The normalized spacial score (nSPS) is 18.4. The molecule has 0 bridgehead atoms. The molecule has 0 spiro atoms. The van der Waals surface area contributed by atoms with E-state index in [0.717, 1.165) is 33.9 Å². The standard InChI is InChI=1S/C33H33N3O7/c1-3-35-26-7-5-4-6-24(26)25-14-22(10-13-27(25)35)29(39)19-41-23-11-8-21(9-12-23)18-42-32-20(2)16-36(33(40)34-32)31-15-28(38)30(17-37)43-31/h4-14,16,28,30-31,37-38H,3,15,17-19H2,1-2H3/t28-,30+,31+/m0/s1. The predicted molar refractivity (Wildman–Crippen MR) is 161 cm³/mol. The van der Waals surface area contributed by atoms with E-state index in [1.807, 2.05) is 42.5 Å². The highest BCUT2D eigenvalue weighted by molar-refractivity contribution is 6.11. The lowest BCUT2D eigenvalue weighted by Crippen LogP contribution is -2.28. The second kappa shape index (κ2) is 12.0. The van der Waals surface area contributed by atoms with E-state index in [-0.39, 0.29) is 37.9 Å². The number of Topliss-reactive ketones (excluding diaryl/α,β-unsaturated/α-hetero) is 1. The van der Waals surface area contributed by atoms with E-state index >= 15 is 0 Å². The maximum atomic E-state index is 13.0. The first-order valence-electron chi connectivity index (χ1n) is 14.3. The SMILES string of the molecule is CCn1c2ccccc2c2cc(C(=O)COc3ccc(COc4nc(=O)n([C@H]5C[C@H](O)[C@@H](CO)O5)cc4C)cc3)ccc21. The Kier molecular flexibility index (Phi) is 7.98. The number of para-hydroxylation sites is 1. The van der Waals surface area contributed by atoms with Gasteiger partial charge in [-0.1, -0.05) is 30.3 Å². The monoisotopic (exact) mass is 583 g/mol. The Balaban J connectivity index is 1.07. The van der Waals surface area contributed by atoms with Crippen molar-refractivity contribution in [1.29, 1.82) is 0 Å². The first-order valence-corrected chi connectivity index (χ1v) is 14.3. The molecular weight excluding hydrogens is 550 g/mol. The van der Waals surface area contributed by atoms with Gasteiger partial charge in [0.1, 0.15) is 24.7 Å². The molecule has 222 valence electrons. The molecule has 1 aliphatic rings. The maximum Gasteiger partial charge on any atom is 0.352 e. The van der Waals surface area contributed by atoms with Gasteiger partial charge >= 0.3 is 5.69 Å². The van der Waals surface area contributed by atoms with Gasteiger partial charge in [-0.25, -0.2) is 4.79 Å². The molecule has 2 N–H and O–H groups in total. The van der Waals surface area contributed by atoms with Gasteiger partial charge in [0, 0.05) is 52.1 Å². The highest BCUT2D eigenvalue weighted by Gasteiger charge is 2.35. The van der Waals surface area contributed by atoms with Gasteiger partial charge in [0.05, 0.1) is 12.7 Å². The maximum absolute atomic E-state index is 13.0. The number of carbonyl (C=O) groups is 1. The minimum Gasteiger partial charge on any atom is -0.485 e. The molecule has 1 saturated heterocycles. The number of benzene rings is 3. The van der Waals surface area contributed by atoms with Crippen LogP contribution < -0.4 is 15.2 Å². The van der Waals surface area contributed by atoms with Crippen molar-refractivity contribution >= 4 is 27.6 Å². The summed E-state index contributed by atoms with van der Waals surface area (Å²) >= 11 is 0. The summed E-state index contributed by atoms with van der Waals surface area (Å²) in [6, 6.07) is 21.2. The zero-order chi connectivity index (χ0) is 30.1. The average molecular weight is 584 g/mol. The molecule has 10 nitrogen and oxygen atoms in total. The summed E-state index contributed by atoms with van der Waals surface area (Å²) in [7, 11) is 0. The molecule has 6 rings (SSSR count). The fraction of sp³-hybridized carbons (Fsp3) is 0.303. The molecule has 1 aliphatic heterocycles. The lowest BCUT2D eigenvalue weighted by atomic mass is 10.1. The molecular formula is C33H33N3O7. The zero-order valence-electron chi connectivity index (χ0n) is 24.0. The number of carbonyl (C=O) groups excluding carboxylic acids is 1. The molecule has 3 heterocycles. The molecule has 0 saturated carbocycles. The second-order valence-corrected chi connectivity index (χ2v) is 10.7. The highest BCUT2D eigenvalue weighted by Crippen LogP contribution is 2.30. The predicted octanol–water partition coefficient (Wildman–Crippen LogP) is 4.16. The van der Waals surface area contributed by atoms with Crippen LogP contribution in [0.1, 0.15) is 41.1 Å². The van der Waals surface area contributed by atoms with Gasteiger partial charge in [-0.05, 0) is 55.8 Å². The van der Waals surface area contributed by atoms with Crippen LogP contribution in [0.2, 0.25) is 0 Å². The molecule has 1 fully saturated rings. The number of aromatic nitrogens is 3. The lowest BCUT2D eigenvalue weighted by molar-refractivity contribution is -0.0460. The first kappa shape index (κ1) is 28.6. The summed E-state index contributed by atoms with van der Waals surface area (Å²) in [4.78, 5) is 29.6. The quantitative estimate of drug-likeness (QED) is 0.235. The van der Waals surface area contributed by atoms with Crippen LogP contribution in [-0.2, 0) is 17.9 Å². The van der Waals surface area contributed by atoms with Crippen LogP contribution in [0, 0.1) is 6.92 Å². The molecule has 0 unspecified atom stereocenters. The Morgan fingerprint density at radius 1 is 1.05 bits per heavy atom. The van der Waals surface area contributed by atoms with Gasteiger partial charge in [0.2, 0.25) is 5.88 Å². The summed E-state index contributed by atoms with van der Waals surface area (Å²) in [5.41, 5.74) is 3.74. The molecule has 0 aliphatic carbocycles. The molecule has 10 heteroatoms. The van der Waals surface area contributed by atoms with Crippen LogP contribution in [0.5, 0.6) is 11.6 Å². The number of hydrogen-bond donors (Lipinski definition) is 2. The van der Waals surface area contributed by atoms with E-state index in [1.54, 1.807) is 25.3 Å². The van der Waals surface area contributed by atoms with E-state index in [2.05, 4.69) is 28.6 Å². The largest absolute Gasteiger partial charge is 0.485 e. The zero-order valence-corrected chi connectivity index (χ0v) is 24.0. The Bertz CT molecular complexity index is 1840. The van der Waals surface area contributed by atoms with Crippen molar-refractivity contribution in [2.45, 2.75) is 51.9 Å². The first-order chi connectivity index (χ1) is 20.9. The summed E-state index contributed by atoms with van der Waals surface area (Å²) in [6.07, 6.45) is -0.526. The third-order valence-electron chi connectivity index (χ3n) is 7.86. The second-order valence-electron chi connectivity index (χ2n) is 10.7. The third-order valence-corrected chi connectivity index (χ3v) is 7.86. The Hall–Kier alpha value is -4.51. The van der Waals surface area contributed by atoms with Crippen LogP contribution >= 0.6 is 0 Å². The van der Waals surface area contributed by atoms with Crippen molar-refractivity contribution in [2.24, 2.45) is 0 Å². The molecule has 3 atom stereocenters. The minimum atomic E-state index is -0.854. The average Bonchev–Trinajstić information content (AvgIpc) is 3.56. The number of aryl methyl sites for hydroxylation is 2. The lowest BCUT2D eigenvalue weighted by Gasteiger charge is -2.16. The number of aliphatic hydroxyl groups excluding tert-OH is 2. The van der Waals surface area contributed by atoms with Crippen LogP contribution in [-0.4, -0.2) is 55.5 Å². The van der Waals surface area contributed by atoms with Crippen molar-refractivity contribution in [1.82, 2.24) is 14.1 Å². The Morgan fingerprint density at radius 3 is 2.56 bits per heavy atom. The number of fused-ring (bicyclic) bond motifs is 3. The topological polar surface area (TPSA) is 125 Å². The van der Waals surface area contributed by atoms with Crippen molar-refractivity contribution in [3.63, 3.8) is 0 Å². The molecule has 2 aromatic heterocycles. The van der Waals surface area contributed by atoms with Crippen molar-refractivity contribution in [3.05, 3.63) is 100 Å². The third kappa shape index (κ3) is 5.64. The van der Waals surface area contributed by atoms with Crippen LogP contribution in [0.15, 0.2) is 77.7 Å². The van der Waals surface area contributed by atoms with Gasteiger partial charge in [-0.3, -0.25) is 9.36 Å². The number of ketones is 1. The fourth-order valence-corrected chi connectivity index (χ4v) is 5.59. The van der Waals surface area contributed by atoms with E-state index in [1.165, 1.54) is 4.57 Å². The van der Waals surface area contributed by atoms with Crippen molar-refractivity contribution in [3.8, 4) is 11.6 Å². The number of hydrogen-bond acceptors (Lipinski definition) is 8. The van der Waals surface area contributed by atoms with E-state index in [0.29, 0.717) is 16.9 Å². The van der Waals surface area contributed by atoms with Crippen molar-refractivity contribution in [2.75, 3.05) is 13.2 Å². The van der Waals surface area contributed by atoms with E-state index in [9.17, 15) is 19.8 Å². The summed E-state index contributed by atoms with van der Waals surface area (Å²) in [6.45, 7) is 4.47. The Morgan fingerprint density at radius 2 is 1.81 bits per heavy atom. The number of ether oxygens (including phenoxy) is 3. The summed E-state index contributed by atoms with van der Waals surface area (Å²) in [5.74, 6) is 0.643. The molecule has 0 radical (unpaired) electrons.